The van der Waals surface area contributed by atoms with E-state index in [-0.39, 0.29) is 12.5 Å². The number of nitrogens with one attached hydrogen (secondary N) is 1. The van der Waals surface area contributed by atoms with Crippen molar-refractivity contribution in [1.82, 2.24) is 9.97 Å². The summed E-state index contributed by atoms with van der Waals surface area (Å²) in [5, 5.41) is 2.72. The second kappa shape index (κ2) is 5.86. The predicted molar refractivity (Wildman–Crippen MR) is 71.8 cm³/mol. The minimum absolute atomic E-state index is 0.0979. The van der Waals surface area contributed by atoms with E-state index in [0.717, 1.165) is 17.8 Å². The summed E-state index contributed by atoms with van der Waals surface area (Å²) in [6.07, 6.45) is -3.44. The fourth-order valence-electron chi connectivity index (χ4n) is 1.68. The minimum atomic E-state index is -4.50. The molecule has 0 saturated carbocycles. The fourth-order valence-corrected chi connectivity index (χ4v) is 1.68. The van der Waals surface area contributed by atoms with Gasteiger partial charge in [0, 0.05) is 12.7 Å². The Morgan fingerprint density at radius 3 is 2.67 bits per heavy atom. The van der Waals surface area contributed by atoms with E-state index in [1.165, 1.54) is 7.11 Å². The quantitative estimate of drug-likeness (QED) is 0.849. The van der Waals surface area contributed by atoms with Crippen molar-refractivity contribution in [3.05, 3.63) is 41.7 Å². The summed E-state index contributed by atoms with van der Waals surface area (Å²) in [5.74, 6) is 0.438. The number of nitrogen functional groups attached to an aromatic ring is 1. The molecule has 0 aliphatic carbocycles. The molecule has 21 heavy (non-hydrogen) atoms. The number of anilines is 2. The Kier molecular flexibility index (Phi) is 4.15. The van der Waals surface area contributed by atoms with Crippen LogP contribution in [0.25, 0.3) is 0 Å². The van der Waals surface area contributed by atoms with E-state index in [1.807, 2.05) is 0 Å². The molecule has 1 heterocycles. The first kappa shape index (κ1) is 14.9. The Morgan fingerprint density at radius 1 is 1.29 bits per heavy atom. The first-order chi connectivity index (χ1) is 9.90. The van der Waals surface area contributed by atoms with E-state index in [2.05, 4.69) is 15.3 Å². The van der Waals surface area contributed by atoms with Crippen molar-refractivity contribution in [3.63, 3.8) is 0 Å². The van der Waals surface area contributed by atoms with Gasteiger partial charge in [-0.2, -0.15) is 13.2 Å². The lowest BCUT2D eigenvalue weighted by atomic mass is 10.2. The highest BCUT2D eigenvalue weighted by Crippen LogP contribution is 2.27. The first-order valence-electron chi connectivity index (χ1n) is 5.96. The number of benzene rings is 1. The fraction of sp³-hybridized carbons (Fsp3) is 0.231. The van der Waals surface area contributed by atoms with Crippen molar-refractivity contribution in [2.24, 2.45) is 0 Å². The zero-order chi connectivity index (χ0) is 15.5. The van der Waals surface area contributed by atoms with E-state index in [4.69, 9.17) is 10.5 Å². The summed E-state index contributed by atoms with van der Waals surface area (Å²) >= 11 is 0. The van der Waals surface area contributed by atoms with Gasteiger partial charge in [0.25, 0.3) is 0 Å². The van der Waals surface area contributed by atoms with Crippen LogP contribution in [0.1, 0.15) is 11.3 Å². The third-order valence-corrected chi connectivity index (χ3v) is 2.69. The van der Waals surface area contributed by atoms with Crippen molar-refractivity contribution in [1.29, 1.82) is 0 Å². The number of aromatic nitrogens is 2. The Bertz CT molecular complexity index is 631. The normalized spacial score (nSPS) is 11.2. The van der Waals surface area contributed by atoms with Crippen molar-refractivity contribution in [3.8, 4) is 5.75 Å². The molecule has 2 aromatic rings. The molecule has 1 aromatic heterocycles. The van der Waals surface area contributed by atoms with E-state index >= 15 is 0 Å². The van der Waals surface area contributed by atoms with Crippen LogP contribution < -0.4 is 15.8 Å². The second-order valence-corrected chi connectivity index (χ2v) is 4.19. The highest BCUT2D eigenvalue weighted by Gasteiger charge is 2.32. The van der Waals surface area contributed by atoms with Gasteiger partial charge in [-0.15, -0.1) is 0 Å². The van der Waals surface area contributed by atoms with Gasteiger partial charge in [0.15, 0.2) is 0 Å². The van der Waals surface area contributed by atoms with Gasteiger partial charge < -0.3 is 15.8 Å². The molecule has 3 N–H and O–H groups in total. The number of nitrogens with zero attached hydrogens (tertiary/aromatic N) is 2. The average Bonchev–Trinajstić information content (AvgIpc) is 2.45. The standard InChI is InChI=1S/C13H13F3N4O/c1-21-10-3-2-8(6-9(10)17)7-19-12-18-5-4-11(20-12)13(14,15)16/h2-6H,7,17H2,1H3,(H,18,19,20). The van der Waals surface area contributed by atoms with Crippen LogP contribution in [-0.2, 0) is 12.7 Å². The summed E-state index contributed by atoms with van der Waals surface area (Å²) in [7, 11) is 1.50. The number of nitrogens with two attached hydrogens (primary N) is 1. The molecule has 0 amide bonds. The molecule has 112 valence electrons. The van der Waals surface area contributed by atoms with Crippen LogP contribution in [0, 0.1) is 0 Å². The minimum Gasteiger partial charge on any atom is -0.495 e. The molecule has 0 radical (unpaired) electrons. The van der Waals surface area contributed by atoms with Crippen molar-refractivity contribution >= 4 is 11.6 Å². The molecule has 8 heteroatoms. The smallest absolute Gasteiger partial charge is 0.433 e. The molecule has 0 aliphatic rings. The maximum atomic E-state index is 12.5. The number of hydrogen-bond acceptors (Lipinski definition) is 5. The van der Waals surface area contributed by atoms with Gasteiger partial charge in [0.05, 0.1) is 12.8 Å². The lowest BCUT2D eigenvalue weighted by Gasteiger charge is -2.10. The lowest BCUT2D eigenvalue weighted by Crippen LogP contribution is -2.11. The lowest BCUT2D eigenvalue weighted by molar-refractivity contribution is -0.141. The predicted octanol–water partition coefficient (Wildman–Crippen LogP) is 2.70. The van der Waals surface area contributed by atoms with Crippen molar-refractivity contribution in [2.45, 2.75) is 12.7 Å². The summed E-state index contributed by atoms with van der Waals surface area (Å²) in [6, 6.07) is 5.91. The molecule has 0 bridgehead atoms. The van der Waals surface area contributed by atoms with Gasteiger partial charge in [-0.1, -0.05) is 6.07 Å². The van der Waals surface area contributed by atoms with Crippen molar-refractivity contribution < 1.29 is 17.9 Å². The number of methoxy groups -OCH3 is 1. The van der Waals surface area contributed by atoms with Gasteiger partial charge in [0.1, 0.15) is 11.4 Å². The largest absolute Gasteiger partial charge is 0.495 e. The number of halogens is 3. The zero-order valence-corrected chi connectivity index (χ0v) is 11.1. The molecule has 1 aromatic carbocycles. The van der Waals surface area contributed by atoms with E-state index in [0.29, 0.717) is 11.4 Å². The second-order valence-electron chi connectivity index (χ2n) is 4.19. The van der Waals surface area contributed by atoms with Crippen LogP contribution in [0.5, 0.6) is 5.75 Å². The van der Waals surface area contributed by atoms with Crippen LogP contribution in [0.2, 0.25) is 0 Å². The maximum absolute atomic E-state index is 12.5. The SMILES string of the molecule is COc1ccc(CNc2nccc(C(F)(F)F)n2)cc1N. The van der Waals surface area contributed by atoms with Crippen LogP contribution in [0.15, 0.2) is 30.5 Å². The number of alkyl halides is 3. The Morgan fingerprint density at radius 2 is 2.05 bits per heavy atom. The third kappa shape index (κ3) is 3.74. The van der Waals surface area contributed by atoms with Crippen LogP contribution in [-0.4, -0.2) is 17.1 Å². The van der Waals surface area contributed by atoms with Crippen LogP contribution in [0.4, 0.5) is 24.8 Å². The Hall–Kier alpha value is -2.51. The maximum Gasteiger partial charge on any atom is 0.433 e. The Balaban J connectivity index is 2.08. The number of hydrogen-bond donors (Lipinski definition) is 2. The van der Waals surface area contributed by atoms with Gasteiger partial charge in [-0.05, 0) is 23.8 Å². The number of rotatable bonds is 4. The summed E-state index contributed by atoms with van der Waals surface area (Å²) < 4.78 is 42.6. The summed E-state index contributed by atoms with van der Waals surface area (Å²) in [6.45, 7) is 0.246. The number of ether oxygens (including phenoxy) is 1. The zero-order valence-electron chi connectivity index (χ0n) is 11.1. The average molecular weight is 298 g/mol. The topological polar surface area (TPSA) is 73.1 Å². The molecule has 2 rings (SSSR count). The Labute approximate surface area is 119 Å². The van der Waals surface area contributed by atoms with E-state index in [9.17, 15) is 13.2 Å². The monoisotopic (exact) mass is 298 g/mol. The van der Waals surface area contributed by atoms with Gasteiger partial charge in [-0.25, -0.2) is 9.97 Å². The molecule has 0 fully saturated rings. The van der Waals surface area contributed by atoms with Crippen molar-refractivity contribution in [2.75, 3.05) is 18.2 Å². The molecule has 0 saturated heterocycles. The van der Waals surface area contributed by atoms with E-state index in [1.54, 1.807) is 18.2 Å². The highest BCUT2D eigenvalue weighted by atomic mass is 19.4. The highest BCUT2D eigenvalue weighted by molar-refractivity contribution is 5.54. The van der Waals surface area contributed by atoms with E-state index < -0.39 is 11.9 Å². The van der Waals surface area contributed by atoms with Gasteiger partial charge >= 0.3 is 6.18 Å². The molecule has 0 atom stereocenters. The van der Waals surface area contributed by atoms with Crippen LogP contribution in [0.3, 0.4) is 0 Å². The van der Waals surface area contributed by atoms with Crippen LogP contribution >= 0.6 is 0 Å². The first-order valence-corrected chi connectivity index (χ1v) is 5.96. The molecule has 0 spiro atoms. The van der Waals surface area contributed by atoms with Gasteiger partial charge in [-0.3, -0.25) is 0 Å². The molecular formula is C13H13F3N4O. The molecule has 0 aliphatic heterocycles. The van der Waals surface area contributed by atoms with Gasteiger partial charge in [0.2, 0.25) is 5.95 Å². The molecule has 0 unspecified atom stereocenters. The molecule has 5 nitrogen and oxygen atoms in total. The summed E-state index contributed by atoms with van der Waals surface area (Å²) in [5.41, 5.74) is 5.98. The third-order valence-electron chi connectivity index (χ3n) is 2.69. The molecular weight excluding hydrogens is 285 g/mol. The summed E-state index contributed by atoms with van der Waals surface area (Å²) in [4.78, 5) is 7.16.